The number of thiophene rings is 1. The first-order valence-electron chi connectivity index (χ1n) is 10.0. The summed E-state index contributed by atoms with van der Waals surface area (Å²) in [5, 5.41) is 6.46. The number of amides is 1. The number of likely N-dealkylation sites (tertiary alicyclic amines) is 1. The molecule has 0 spiro atoms. The number of carbonyl (C=O) groups excluding carboxylic acids is 1. The van der Waals surface area contributed by atoms with E-state index >= 15 is 0 Å². The molecule has 4 aromatic rings. The molecule has 3 aromatic heterocycles. The smallest absolute Gasteiger partial charge is 0.264 e. The van der Waals surface area contributed by atoms with Gasteiger partial charge in [-0.05, 0) is 61.2 Å². The van der Waals surface area contributed by atoms with Gasteiger partial charge in [0.1, 0.15) is 4.83 Å². The maximum absolute atomic E-state index is 13.4. The van der Waals surface area contributed by atoms with Crippen LogP contribution >= 0.6 is 22.9 Å². The van der Waals surface area contributed by atoms with Crippen molar-refractivity contribution in [1.29, 1.82) is 0 Å². The molecule has 152 valence electrons. The van der Waals surface area contributed by atoms with E-state index in [1.165, 1.54) is 11.3 Å². The van der Waals surface area contributed by atoms with Crippen LogP contribution in [0.1, 0.15) is 45.4 Å². The van der Waals surface area contributed by atoms with Gasteiger partial charge in [-0.3, -0.25) is 14.5 Å². The van der Waals surface area contributed by atoms with Crippen molar-refractivity contribution in [3.8, 4) is 0 Å². The second-order valence-corrected chi connectivity index (χ2v) is 9.10. The molecule has 30 heavy (non-hydrogen) atoms. The largest absolute Gasteiger partial charge is 0.331 e. The molecule has 1 amide bonds. The van der Waals surface area contributed by atoms with Gasteiger partial charge in [-0.1, -0.05) is 23.7 Å². The number of rotatable bonds is 4. The lowest BCUT2D eigenvalue weighted by Crippen LogP contribution is -2.29. The first-order chi connectivity index (χ1) is 14.6. The molecule has 4 heterocycles. The van der Waals surface area contributed by atoms with E-state index in [1.54, 1.807) is 12.4 Å². The quantitative estimate of drug-likeness (QED) is 0.425. The number of halogens is 1. The predicted octanol–water partition coefficient (Wildman–Crippen LogP) is 5.48. The van der Waals surface area contributed by atoms with E-state index in [1.807, 2.05) is 59.0 Å². The summed E-state index contributed by atoms with van der Waals surface area (Å²) in [5.41, 5.74) is 3.23. The molecule has 0 saturated carbocycles. The average Bonchev–Trinajstić information content (AvgIpc) is 3.48. The fraction of sp³-hybridized carbons (Fsp3) is 0.261. The Bertz CT molecular complexity index is 1200. The van der Waals surface area contributed by atoms with E-state index in [9.17, 15) is 4.79 Å². The van der Waals surface area contributed by atoms with Gasteiger partial charge in [0.25, 0.3) is 5.91 Å². The zero-order chi connectivity index (χ0) is 20.7. The number of aromatic nitrogens is 3. The summed E-state index contributed by atoms with van der Waals surface area (Å²) >= 11 is 7.53. The Balaban J connectivity index is 1.45. The van der Waals surface area contributed by atoms with E-state index in [4.69, 9.17) is 16.7 Å². The van der Waals surface area contributed by atoms with Crippen LogP contribution in [0.3, 0.4) is 0 Å². The van der Waals surface area contributed by atoms with Gasteiger partial charge in [-0.25, -0.2) is 0 Å². The van der Waals surface area contributed by atoms with Crippen molar-refractivity contribution in [1.82, 2.24) is 19.7 Å². The van der Waals surface area contributed by atoms with Crippen molar-refractivity contribution in [2.45, 2.75) is 32.4 Å². The number of fused-ring (bicyclic) bond motifs is 1. The molecular formula is C23H21ClN4OS. The minimum absolute atomic E-state index is 0.105. The highest BCUT2D eigenvalue weighted by Crippen LogP contribution is 2.36. The summed E-state index contributed by atoms with van der Waals surface area (Å²) in [6, 6.07) is 13.9. The topological polar surface area (TPSA) is 51.0 Å². The molecule has 1 aliphatic rings. The Kier molecular flexibility index (Phi) is 5.05. The molecular weight excluding hydrogens is 416 g/mol. The number of benzene rings is 1. The van der Waals surface area contributed by atoms with E-state index in [-0.39, 0.29) is 11.9 Å². The van der Waals surface area contributed by atoms with Gasteiger partial charge in [0.15, 0.2) is 0 Å². The molecule has 0 radical (unpaired) electrons. The van der Waals surface area contributed by atoms with Crippen LogP contribution in [0.25, 0.3) is 10.2 Å². The first kappa shape index (κ1) is 19.3. The average molecular weight is 437 g/mol. The number of hydrogen-bond donors (Lipinski definition) is 0. The summed E-state index contributed by atoms with van der Waals surface area (Å²) < 4.78 is 1.99. The Labute approximate surface area is 183 Å². The Morgan fingerprint density at radius 2 is 1.97 bits per heavy atom. The van der Waals surface area contributed by atoms with E-state index in [0.717, 1.165) is 56.3 Å². The molecule has 5 nitrogen and oxygen atoms in total. The second-order valence-electron chi connectivity index (χ2n) is 7.64. The van der Waals surface area contributed by atoms with E-state index < -0.39 is 0 Å². The lowest BCUT2D eigenvalue weighted by Gasteiger charge is -2.24. The Morgan fingerprint density at radius 3 is 2.73 bits per heavy atom. The van der Waals surface area contributed by atoms with E-state index in [0.29, 0.717) is 6.54 Å². The highest BCUT2D eigenvalue weighted by molar-refractivity contribution is 7.20. The maximum atomic E-state index is 13.4. The third kappa shape index (κ3) is 3.50. The van der Waals surface area contributed by atoms with Crippen molar-refractivity contribution >= 4 is 39.1 Å². The van der Waals surface area contributed by atoms with Crippen LogP contribution in [0.4, 0.5) is 0 Å². The summed E-state index contributed by atoms with van der Waals surface area (Å²) in [7, 11) is 0. The molecule has 0 N–H and O–H groups in total. The summed E-state index contributed by atoms with van der Waals surface area (Å²) in [5.74, 6) is 0.105. The van der Waals surface area contributed by atoms with Gasteiger partial charge in [-0.2, -0.15) is 5.10 Å². The van der Waals surface area contributed by atoms with Crippen LogP contribution in [0.5, 0.6) is 0 Å². The van der Waals surface area contributed by atoms with Gasteiger partial charge in [0.2, 0.25) is 0 Å². The van der Waals surface area contributed by atoms with Gasteiger partial charge in [0, 0.05) is 29.3 Å². The van der Waals surface area contributed by atoms with Crippen LogP contribution in [-0.2, 0) is 6.54 Å². The summed E-state index contributed by atoms with van der Waals surface area (Å²) in [6.07, 6.45) is 5.60. The fourth-order valence-electron chi connectivity index (χ4n) is 4.17. The molecule has 1 fully saturated rings. The number of pyridine rings is 1. The van der Waals surface area contributed by atoms with Crippen LogP contribution in [-0.4, -0.2) is 32.1 Å². The zero-order valence-electron chi connectivity index (χ0n) is 16.6. The maximum Gasteiger partial charge on any atom is 0.264 e. The lowest BCUT2D eigenvalue weighted by molar-refractivity contribution is 0.0740. The SMILES string of the molecule is Cc1nn(Cc2ccc(Cl)cc2)c2sc(C(=O)N3CCC[C@H]3c3ccncc3)cc12. The van der Waals surface area contributed by atoms with Crippen LogP contribution in [0.2, 0.25) is 5.02 Å². The van der Waals surface area contributed by atoms with Gasteiger partial charge < -0.3 is 4.90 Å². The predicted molar refractivity (Wildman–Crippen MR) is 120 cm³/mol. The van der Waals surface area contributed by atoms with Crippen molar-refractivity contribution in [2.24, 2.45) is 0 Å². The molecule has 7 heteroatoms. The molecule has 5 rings (SSSR count). The van der Waals surface area contributed by atoms with Crippen LogP contribution in [0.15, 0.2) is 54.9 Å². The van der Waals surface area contributed by atoms with Gasteiger partial charge >= 0.3 is 0 Å². The van der Waals surface area contributed by atoms with Crippen LogP contribution < -0.4 is 0 Å². The van der Waals surface area contributed by atoms with Gasteiger partial charge in [-0.15, -0.1) is 11.3 Å². The molecule has 1 saturated heterocycles. The fourth-order valence-corrected chi connectivity index (χ4v) is 5.41. The normalized spacial score (nSPS) is 16.5. The molecule has 1 aromatic carbocycles. The van der Waals surface area contributed by atoms with Gasteiger partial charge in [0.05, 0.1) is 23.2 Å². The standard InChI is InChI=1S/C23H21ClN4OS/c1-15-19-13-21(22(29)27-12-2-3-20(27)17-8-10-25-11-9-17)30-23(19)28(26-15)14-16-4-6-18(24)7-5-16/h4-11,13,20H,2-3,12,14H2,1H3/t20-/m0/s1. The third-order valence-corrected chi connectivity index (χ3v) is 7.06. The summed E-state index contributed by atoms with van der Waals surface area (Å²) in [4.78, 5) is 21.3. The van der Waals surface area contributed by atoms with Crippen LogP contribution in [0, 0.1) is 6.92 Å². The number of aryl methyl sites for hydroxylation is 1. The van der Waals surface area contributed by atoms with Crippen molar-refractivity contribution in [3.05, 3.63) is 81.6 Å². The van der Waals surface area contributed by atoms with E-state index in [2.05, 4.69) is 4.98 Å². The zero-order valence-corrected chi connectivity index (χ0v) is 18.2. The number of hydrogen-bond acceptors (Lipinski definition) is 4. The van der Waals surface area contributed by atoms with Crippen molar-refractivity contribution in [2.75, 3.05) is 6.54 Å². The molecule has 0 aliphatic carbocycles. The Hall–Kier alpha value is -2.70. The van der Waals surface area contributed by atoms with Crippen molar-refractivity contribution < 1.29 is 4.79 Å². The lowest BCUT2D eigenvalue weighted by atomic mass is 10.1. The molecule has 0 bridgehead atoms. The Morgan fingerprint density at radius 1 is 1.20 bits per heavy atom. The third-order valence-electron chi connectivity index (χ3n) is 5.67. The first-order valence-corrected chi connectivity index (χ1v) is 11.2. The number of carbonyl (C=O) groups is 1. The highest BCUT2D eigenvalue weighted by Gasteiger charge is 2.31. The minimum atomic E-state index is 0.105. The minimum Gasteiger partial charge on any atom is -0.331 e. The van der Waals surface area contributed by atoms with Crippen molar-refractivity contribution in [3.63, 3.8) is 0 Å². The number of nitrogens with zero attached hydrogens (tertiary/aromatic N) is 4. The molecule has 0 unspecified atom stereocenters. The monoisotopic (exact) mass is 436 g/mol. The summed E-state index contributed by atoms with van der Waals surface area (Å²) in [6.45, 7) is 3.44. The highest BCUT2D eigenvalue weighted by atomic mass is 35.5. The molecule has 1 aliphatic heterocycles. The molecule has 1 atom stereocenters. The second kappa shape index (κ2) is 7.85.